The molecular formula is C29H37N4O3+. The number of benzene rings is 2. The number of nitrogens with one attached hydrogen (secondary N) is 1. The van der Waals surface area contributed by atoms with Gasteiger partial charge in [0.15, 0.2) is 19.0 Å². The van der Waals surface area contributed by atoms with Crippen molar-refractivity contribution in [2.24, 2.45) is 21.1 Å². The van der Waals surface area contributed by atoms with Crippen LogP contribution in [0, 0.1) is 24.7 Å². The summed E-state index contributed by atoms with van der Waals surface area (Å²) >= 11 is 0. The van der Waals surface area contributed by atoms with Gasteiger partial charge in [-0.1, -0.05) is 57.2 Å². The highest BCUT2D eigenvalue weighted by Crippen LogP contribution is 2.47. The number of carbonyl (C=O) groups excluding carboxylic acids is 1. The zero-order valence-corrected chi connectivity index (χ0v) is 22.0. The molecule has 2 heterocycles. The van der Waals surface area contributed by atoms with Crippen molar-refractivity contribution in [2.45, 2.75) is 66.6 Å². The highest BCUT2D eigenvalue weighted by atomic mass is 16.5. The Morgan fingerprint density at radius 1 is 1.11 bits per heavy atom. The monoisotopic (exact) mass is 489 g/mol. The van der Waals surface area contributed by atoms with Crippen molar-refractivity contribution in [3.63, 3.8) is 0 Å². The van der Waals surface area contributed by atoms with Crippen molar-refractivity contribution in [3.8, 4) is 11.6 Å². The Morgan fingerprint density at radius 3 is 2.58 bits per heavy atom. The van der Waals surface area contributed by atoms with Crippen molar-refractivity contribution < 1.29 is 19.5 Å². The van der Waals surface area contributed by atoms with Gasteiger partial charge in [0, 0.05) is 23.6 Å². The van der Waals surface area contributed by atoms with Gasteiger partial charge in [-0.15, -0.1) is 10.2 Å². The molecule has 36 heavy (non-hydrogen) atoms. The average molecular weight is 490 g/mol. The summed E-state index contributed by atoms with van der Waals surface area (Å²) < 4.78 is 7.66. The smallest absolute Gasteiger partial charge is 0.302 e. The molecule has 0 spiro atoms. The molecule has 2 fully saturated rings. The predicted molar refractivity (Wildman–Crippen MR) is 140 cm³/mol. The van der Waals surface area contributed by atoms with Gasteiger partial charge in [-0.25, -0.2) is 0 Å². The minimum Gasteiger partial charge on any atom is -0.493 e. The Hall–Kier alpha value is -3.19. The molecular weight excluding hydrogens is 452 g/mol. The molecule has 1 aliphatic heterocycles. The van der Waals surface area contributed by atoms with E-state index in [0.717, 1.165) is 28.6 Å². The van der Waals surface area contributed by atoms with E-state index in [-0.39, 0.29) is 12.5 Å². The third-order valence-corrected chi connectivity index (χ3v) is 7.96. The van der Waals surface area contributed by atoms with E-state index in [9.17, 15) is 9.90 Å². The topological polar surface area (TPSA) is 80.6 Å². The number of ether oxygens (including phenoxy) is 1. The summed E-state index contributed by atoms with van der Waals surface area (Å²) in [7, 11) is 0. The molecule has 2 aromatic carbocycles. The highest BCUT2D eigenvalue weighted by Gasteiger charge is 2.52. The maximum absolute atomic E-state index is 12.5. The van der Waals surface area contributed by atoms with Crippen LogP contribution in [0.25, 0.3) is 10.9 Å². The number of para-hydroxylation sites is 2. The molecule has 2 N–H and O–H groups in total. The van der Waals surface area contributed by atoms with Gasteiger partial charge in [0.2, 0.25) is 5.88 Å². The summed E-state index contributed by atoms with van der Waals surface area (Å²) in [6.07, 6.45) is 3.66. The van der Waals surface area contributed by atoms with E-state index in [1.807, 2.05) is 60.9 Å². The summed E-state index contributed by atoms with van der Waals surface area (Å²) in [5.41, 5.74) is 3.85. The lowest BCUT2D eigenvalue weighted by molar-refractivity contribution is -0.936. The number of aromatic nitrogens is 1. The lowest BCUT2D eigenvalue weighted by atomic mass is 9.65. The number of likely N-dealkylation sites (tertiary alicyclic amines) is 1. The Morgan fingerprint density at radius 2 is 1.83 bits per heavy atom. The maximum atomic E-state index is 12.5. The van der Waals surface area contributed by atoms with Crippen LogP contribution >= 0.6 is 0 Å². The van der Waals surface area contributed by atoms with Crippen LogP contribution in [0.15, 0.2) is 52.7 Å². The molecule has 0 radical (unpaired) electrons. The number of amides is 1. The first-order valence-corrected chi connectivity index (χ1v) is 12.8. The highest BCUT2D eigenvalue weighted by molar-refractivity contribution is 5.95. The van der Waals surface area contributed by atoms with Gasteiger partial charge in [0.25, 0.3) is 0 Å². The van der Waals surface area contributed by atoms with Crippen molar-refractivity contribution >= 4 is 22.5 Å². The SMILES string of the molecule is Cc1cccc(C)c1OCC(=O)N=Nc1c(O)n(C[NH+]2C[C@@]3(C)C[C@@H]2CC(C)(C)C3)c2ccccc12. The number of carbonyl (C=O) groups is 1. The number of aryl methyl sites for hydroxylation is 2. The van der Waals surface area contributed by atoms with Gasteiger partial charge in [0.1, 0.15) is 5.75 Å². The number of rotatable bonds is 6. The lowest BCUT2D eigenvalue weighted by Crippen LogP contribution is -3.13. The lowest BCUT2D eigenvalue weighted by Gasteiger charge is -2.37. The van der Waals surface area contributed by atoms with E-state index in [0.29, 0.717) is 35.0 Å². The quantitative estimate of drug-likeness (QED) is 0.473. The number of fused-ring (bicyclic) bond motifs is 3. The maximum Gasteiger partial charge on any atom is 0.302 e. The Kier molecular flexibility index (Phi) is 6.15. The largest absolute Gasteiger partial charge is 0.493 e. The summed E-state index contributed by atoms with van der Waals surface area (Å²) in [5, 5.41) is 20.1. The second-order valence-electron chi connectivity index (χ2n) is 12.0. The standard InChI is InChI=1S/C29H36N4O3/c1-19-9-8-10-20(2)26(19)36-15-24(34)30-31-25-22-11-6-7-12-23(22)33(27(25)35)18-32-17-29(5)14-21(32)13-28(3,4)16-29/h6-12,21,35H,13-18H2,1-5H3/p+1/t21-,29-/m0/s1. The average Bonchev–Trinajstić information content (AvgIpc) is 3.20. The first kappa shape index (κ1) is 24.5. The molecule has 1 aliphatic carbocycles. The Balaban J connectivity index is 1.37. The second kappa shape index (κ2) is 9.04. The Labute approximate surface area is 212 Å². The number of hydrogen-bond acceptors (Lipinski definition) is 4. The first-order chi connectivity index (χ1) is 17.1. The number of azo groups is 1. The molecule has 190 valence electrons. The first-order valence-electron chi connectivity index (χ1n) is 12.8. The van der Waals surface area contributed by atoms with Gasteiger partial charge >= 0.3 is 5.91 Å². The number of nitrogens with zero attached hydrogens (tertiary/aromatic N) is 3. The van der Waals surface area contributed by atoms with E-state index >= 15 is 0 Å². The molecule has 2 aliphatic rings. The molecule has 3 aromatic rings. The van der Waals surface area contributed by atoms with Crippen LogP contribution < -0.4 is 9.64 Å². The van der Waals surface area contributed by atoms with Gasteiger partial charge < -0.3 is 14.7 Å². The van der Waals surface area contributed by atoms with Crippen LogP contribution in [0.3, 0.4) is 0 Å². The van der Waals surface area contributed by atoms with Crippen molar-refractivity contribution in [3.05, 3.63) is 53.6 Å². The van der Waals surface area contributed by atoms with Crippen LogP contribution in [-0.4, -0.2) is 34.8 Å². The molecule has 7 nitrogen and oxygen atoms in total. The molecule has 7 heteroatoms. The fraction of sp³-hybridized carbons (Fsp3) is 0.483. The molecule has 3 atom stereocenters. The summed E-state index contributed by atoms with van der Waals surface area (Å²) in [5.74, 6) is 0.251. The Bertz CT molecular complexity index is 1320. The number of aromatic hydroxyl groups is 1. The summed E-state index contributed by atoms with van der Waals surface area (Å²) in [6, 6.07) is 14.2. The zero-order chi connectivity index (χ0) is 25.7. The summed E-state index contributed by atoms with van der Waals surface area (Å²) in [6.45, 7) is 12.6. The van der Waals surface area contributed by atoms with Crippen LogP contribution in [0.5, 0.6) is 11.6 Å². The van der Waals surface area contributed by atoms with Crippen molar-refractivity contribution in [1.29, 1.82) is 0 Å². The molecule has 1 saturated carbocycles. The zero-order valence-electron chi connectivity index (χ0n) is 22.0. The van der Waals surface area contributed by atoms with E-state index < -0.39 is 5.91 Å². The third kappa shape index (κ3) is 4.64. The molecule has 1 saturated heterocycles. The van der Waals surface area contributed by atoms with Crippen molar-refractivity contribution in [2.75, 3.05) is 13.2 Å². The summed E-state index contributed by atoms with van der Waals surface area (Å²) in [4.78, 5) is 14.0. The molecule has 1 unspecified atom stereocenters. The van der Waals surface area contributed by atoms with E-state index in [4.69, 9.17) is 4.74 Å². The third-order valence-electron chi connectivity index (χ3n) is 7.96. The van der Waals surface area contributed by atoms with E-state index in [2.05, 4.69) is 31.0 Å². The molecule has 1 amide bonds. The van der Waals surface area contributed by atoms with Gasteiger partial charge in [-0.2, -0.15) is 0 Å². The van der Waals surface area contributed by atoms with Gasteiger partial charge in [-0.05, 0) is 42.9 Å². The normalized spacial score (nSPS) is 25.0. The van der Waals surface area contributed by atoms with Gasteiger partial charge in [0.05, 0.1) is 18.1 Å². The number of quaternary nitrogens is 1. The van der Waals surface area contributed by atoms with Crippen LogP contribution in [0.2, 0.25) is 0 Å². The molecule has 5 rings (SSSR count). The second-order valence-corrected chi connectivity index (χ2v) is 12.0. The minimum atomic E-state index is -0.497. The molecule has 2 bridgehead atoms. The fourth-order valence-corrected chi connectivity index (χ4v) is 6.96. The van der Waals surface area contributed by atoms with E-state index in [1.54, 1.807) is 0 Å². The minimum absolute atomic E-state index is 0.0572. The van der Waals surface area contributed by atoms with E-state index in [1.165, 1.54) is 24.2 Å². The van der Waals surface area contributed by atoms with Crippen LogP contribution in [0.4, 0.5) is 5.69 Å². The predicted octanol–water partition coefficient (Wildman–Crippen LogP) is 5.09. The van der Waals surface area contributed by atoms with Crippen LogP contribution in [0.1, 0.15) is 51.2 Å². The fourth-order valence-electron chi connectivity index (χ4n) is 6.96. The molecule has 1 aromatic heterocycles. The van der Waals surface area contributed by atoms with Crippen molar-refractivity contribution in [1.82, 2.24) is 4.57 Å². The van der Waals surface area contributed by atoms with Crippen LogP contribution in [-0.2, 0) is 11.5 Å². The number of hydrogen-bond donors (Lipinski definition) is 2. The van der Waals surface area contributed by atoms with Gasteiger partial charge in [-0.3, -0.25) is 9.36 Å².